The van der Waals surface area contributed by atoms with Crippen molar-refractivity contribution >= 4 is 11.8 Å². The normalized spacial score (nSPS) is 11.6. The maximum Gasteiger partial charge on any atom is 0.0210 e. The van der Waals surface area contributed by atoms with Crippen LogP contribution in [0.5, 0.6) is 0 Å². The number of nitrogens with one attached hydrogen (secondary N) is 1. The van der Waals surface area contributed by atoms with E-state index in [0.717, 1.165) is 18.7 Å². The van der Waals surface area contributed by atoms with Crippen molar-refractivity contribution in [3.05, 3.63) is 65.7 Å². The van der Waals surface area contributed by atoms with Gasteiger partial charge in [-0.05, 0) is 50.5 Å². The average Bonchev–Trinajstić information content (AvgIpc) is 2.46. The third-order valence-electron chi connectivity index (χ3n) is 3.22. The van der Waals surface area contributed by atoms with Crippen molar-refractivity contribution in [3.8, 4) is 0 Å². The first kappa shape index (κ1) is 16.1. The standard InChI is InChI=1S/C19H25NS/c1-19(2,3)20-15-17-10-7-11-18(14-17)21-13-12-16-8-5-4-6-9-16/h4-11,14,20H,12-13,15H2,1-3H3. The number of hydrogen-bond acceptors (Lipinski definition) is 2. The Hall–Kier alpha value is -1.25. The molecule has 1 N–H and O–H groups in total. The maximum atomic E-state index is 3.54. The second-order valence-corrected chi connectivity index (χ2v) is 7.50. The van der Waals surface area contributed by atoms with Crippen LogP contribution < -0.4 is 5.32 Å². The molecule has 0 atom stereocenters. The van der Waals surface area contributed by atoms with E-state index in [9.17, 15) is 0 Å². The summed E-state index contributed by atoms with van der Waals surface area (Å²) in [6.07, 6.45) is 1.12. The third-order valence-corrected chi connectivity index (χ3v) is 4.22. The fourth-order valence-electron chi connectivity index (χ4n) is 2.04. The van der Waals surface area contributed by atoms with E-state index in [2.05, 4.69) is 80.7 Å². The smallest absolute Gasteiger partial charge is 0.0210 e. The summed E-state index contributed by atoms with van der Waals surface area (Å²) >= 11 is 1.93. The second-order valence-electron chi connectivity index (χ2n) is 6.34. The Labute approximate surface area is 133 Å². The van der Waals surface area contributed by atoms with Gasteiger partial charge in [0.2, 0.25) is 0 Å². The van der Waals surface area contributed by atoms with Crippen molar-refractivity contribution in [2.45, 2.75) is 44.2 Å². The average molecular weight is 299 g/mol. The van der Waals surface area contributed by atoms with Crippen LogP contribution in [-0.2, 0) is 13.0 Å². The molecule has 2 aromatic rings. The van der Waals surface area contributed by atoms with Gasteiger partial charge in [-0.1, -0.05) is 42.5 Å². The quantitative estimate of drug-likeness (QED) is 0.761. The zero-order valence-corrected chi connectivity index (χ0v) is 14.0. The lowest BCUT2D eigenvalue weighted by molar-refractivity contribution is 0.424. The van der Waals surface area contributed by atoms with Gasteiger partial charge in [0.05, 0.1) is 0 Å². The lowest BCUT2D eigenvalue weighted by atomic mass is 10.1. The van der Waals surface area contributed by atoms with E-state index in [1.807, 2.05) is 11.8 Å². The zero-order chi connectivity index (χ0) is 15.1. The van der Waals surface area contributed by atoms with Crippen molar-refractivity contribution < 1.29 is 0 Å². The number of aryl methyl sites for hydroxylation is 1. The number of rotatable bonds is 6. The Morgan fingerprint density at radius 3 is 2.33 bits per heavy atom. The molecule has 0 spiro atoms. The predicted molar refractivity (Wildman–Crippen MR) is 93.9 cm³/mol. The first-order valence-electron chi connectivity index (χ1n) is 7.54. The molecule has 0 aliphatic heterocycles. The number of thioether (sulfide) groups is 1. The van der Waals surface area contributed by atoms with Crippen molar-refractivity contribution in [1.29, 1.82) is 0 Å². The molecule has 2 heteroatoms. The lowest BCUT2D eigenvalue weighted by Crippen LogP contribution is -2.35. The van der Waals surface area contributed by atoms with Crippen LogP contribution in [0.2, 0.25) is 0 Å². The number of hydrogen-bond donors (Lipinski definition) is 1. The summed E-state index contributed by atoms with van der Waals surface area (Å²) in [6, 6.07) is 19.5. The highest BCUT2D eigenvalue weighted by Crippen LogP contribution is 2.20. The molecule has 0 bridgehead atoms. The van der Waals surface area contributed by atoms with Crippen LogP contribution in [0.3, 0.4) is 0 Å². The molecular formula is C19H25NS. The van der Waals surface area contributed by atoms with Gasteiger partial charge in [0.25, 0.3) is 0 Å². The molecule has 0 radical (unpaired) electrons. The van der Waals surface area contributed by atoms with Gasteiger partial charge in [-0.3, -0.25) is 0 Å². The molecule has 0 saturated carbocycles. The first-order chi connectivity index (χ1) is 10.0. The molecule has 0 aliphatic rings. The minimum Gasteiger partial charge on any atom is -0.308 e. The van der Waals surface area contributed by atoms with E-state index in [4.69, 9.17) is 0 Å². The third kappa shape index (κ3) is 6.36. The molecule has 0 unspecified atom stereocenters. The van der Waals surface area contributed by atoms with E-state index in [1.165, 1.54) is 16.0 Å². The molecule has 0 saturated heterocycles. The molecule has 0 heterocycles. The summed E-state index contributed by atoms with van der Waals surface area (Å²) in [5, 5.41) is 3.54. The van der Waals surface area contributed by atoms with Gasteiger partial charge in [0.15, 0.2) is 0 Å². The molecule has 0 aliphatic carbocycles. The molecule has 2 aromatic carbocycles. The van der Waals surface area contributed by atoms with Gasteiger partial charge < -0.3 is 5.32 Å². The van der Waals surface area contributed by atoms with Gasteiger partial charge in [-0.2, -0.15) is 0 Å². The van der Waals surface area contributed by atoms with Crippen LogP contribution in [0.15, 0.2) is 59.5 Å². The van der Waals surface area contributed by atoms with Gasteiger partial charge in [0, 0.05) is 22.7 Å². The van der Waals surface area contributed by atoms with Crippen molar-refractivity contribution in [2.24, 2.45) is 0 Å². The highest BCUT2D eigenvalue weighted by Gasteiger charge is 2.08. The van der Waals surface area contributed by atoms with E-state index in [1.54, 1.807) is 0 Å². The predicted octanol–water partition coefficient (Wildman–Crippen LogP) is 4.91. The van der Waals surface area contributed by atoms with Gasteiger partial charge >= 0.3 is 0 Å². The minimum atomic E-state index is 0.163. The maximum absolute atomic E-state index is 3.54. The SMILES string of the molecule is CC(C)(C)NCc1cccc(SCCc2ccccc2)c1. The molecule has 1 nitrogen and oxygen atoms in total. The first-order valence-corrected chi connectivity index (χ1v) is 8.52. The summed E-state index contributed by atoms with van der Waals surface area (Å²) in [6.45, 7) is 7.53. The zero-order valence-electron chi connectivity index (χ0n) is 13.2. The van der Waals surface area contributed by atoms with Crippen LogP contribution in [0.1, 0.15) is 31.9 Å². The number of benzene rings is 2. The van der Waals surface area contributed by atoms with Crippen LogP contribution in [0.25, 0.3) is 0 Å². The van der Waals surface area contributed by atoms with Crippen molar-refractivity contribution in [2.75, 3.05) is 5.75 Å². The fourth-order valence-corrected chi connectivity index (χ4v) is 3.03. The highest BCUT2D eigenvalue weighted by atomic mass is 32.2. The minimum absolute atomic E-state index is 0.163. The summed E-state index contributed by atoms with van der Waals surface area (Å²) < 4.78 is 0. The summed E-state index contributed by atoms with van der Waals surface area (Å²) in [5.74, 6) is 1.13. The summed E-state index contributed by atoms with van der Waals surface area (Å²) in [4.78, 5) is 1.36. The Morgan fingerprint density at radius 2 is 1.62 bits per heavy atom. The van der Waals surface area contributed by atoms with Crippen LogP contribution in [0.4, 0.5) is 0 Å². The Bertz CT molecular complexity index is 543. The second kappa shape index (κ2) is 7.67. The van der Waals surface area contributed by atoms with Gasteiger partial charge in [-0.15, -0.1) is 11.8 Å². The van der Waals surface area contributed by atoms with E-state index in [-0.39, 0.29) is 5.54 Å². The molecule has 0 amide bonds. The fraction of sp³-hybridized carbons (Fsp3) is 0.368. The summed E-state index contributed by atoms with van der Waals surface area (Å²) in [5.41, 5.74) is 2.93. The van der Waals surface area contributed by atoms with Gasteiger partial charge in [0.1, 0.15) is 0 Å². The van der Waals surface area contributed by atoms with Crippen molar-refractivity contribution in [3.63, 3.8) is 0 Å². The molecule has 0 fully saturated rings. The molecule has 2 rings (SSSR count). The lowest BCUT2D eigenvalue weighted by Gasteiger charge is -2.20. The van der Waals surface area contributed by atoms with E-state index in [0.29, 0.717) is 0 Å². The molecule has 0 aromatic heterocycles. The molecule has 112 valence electrons. The van der Waals surface area contributed by atoms with E-state index < -0.39 is 0 Å². The van der Waals surface area contributed by atoms with E-state index >= 15 is 0 Å². The molecule has 21 heavy (non-hydrogen) atoms. The van der Waals surface area contributed by atoms with Crippen LogP contribution in [0, 0.1) is 0 Å². The Morgan fingerprint density at radius 1 is 0.905 bits per heavy atom. The molecular weight excluding hydrogens is 274 g/mol. The monoisotopic (exact) mass is 299 g/mol. The van der Waals surface area contributed by atoms with Crippen molar-refractivity contribution in [1.82, 2.24) is 5.32 Å². The largest absolute Gasteiger partial charge is 0.308 e. The topological polar surface area (TPSA) is 12.0 Å². The Kier molecular flexibility index (Phi) is 5.89. The Balaban J connectivity index is 1.83. The highest BCUT2D eigenvalue weighted by molar-refractivity contribution is 7.99. The van der Waals surface area contributed by atoms with Crippen LogP contribution in [-0.4, -0.2) is 11.3 Å². The van der Waals surface area contributed by atoms with Gasteiger partial charge in [-0.25, -0.2) is 0 Å². The summed E-state index contributed by atoms with van der Waals surface area (Å²) in [7, 11) is 0. The van der Waals surface area contributed by atoms with Crippen LogP contribution >= 0.6 is 11.8 Å².